The van der Waals surface area contributed by atoms with Crippen molar-refractivity contribution in [2.45, 2.75) is 86.0 Å². The first kappa shape index (κ1) is 38.8. The summed E-state index contributed by atoms with van der Waals surface area (Å²) in [6.45, 7) is 18.7. The van der Waals surface area contributed by atoms with E-state index in [1.165, 1.54) is 6.07 Å². The number of aryl methyl sites for hydroxylation is 3. The first-order valence-corrected chi connectivity index (χ1v) is 18.9. The number of halogens is 1. The first-order valence-electron chi connectivity index (χ1n) is 18.9. The van der Waals surface area contributed by atoms with Crippen LogP contribution in [0.1, 0.15) is 75.4 Å². The summed E-state index contributed by atoms with van der Waals surface area (Å²) in [7, 11) is 1.85. The van der Waals surface area contributed by atoms with Gasteiger partial charge in [0.05, 0.1) is 17.8 Å². The van der Waals surface area contributed by atoms with Gasteiger partial charge in [-0.1, -0.05) is 36.4 Å². The predicted octanol–water partition coefficient (Wildman–Crippen LogP) is 8.47. The number of benzene rings is 3. The number of rotatable bonds is 10. The number of carbonyl (C=O) groups is 2. The van der Waals surface area contributed by atoms with Gasteiger partial charge in [0.1, 0.15) is 28.5 Å². The molecule has 10 nitrogen and oxygen atoms in total. The van der Waals surface area contributed by atoms with Crippen LogP contribution in [0.15, 0.2) is 54.6 Å². The van der Waals surface area contributed by atoms with Crippen molar-refractivity contribution in [1.82, 2.24) is 24.1 Å². The summed E-state index contributed by atoms with van der Waals surface area (Å²) < 4.78 is 38.1. The molecule has 1 saturated heterocycles. The lowest BCUT2D eigenvalue weighted by Crippen LogP contribution is -2.50. The number of hydrogen-bond acceptors (Lipinski definition) is 7. The molecule has 0 N–H and O–H groups in total. The number of ether oxygens (including phenoxy) is 3. The topological polar surface area (TPSA) is 91.1 Å². The zero-order chi connectivity index (χ0) is 38.9. The van der Waals surface area contributed by atoms with E-state index in [0.717, 1.165) is 33.2 Å². The van der Waals surface area contributed by atoms with Gasteiger partial charge in [-0.3, -0.25) is 9.58 Å². The summed E-state index contributed by atoms with van der Waals surface area (Å²) in [6, 6.07) is 17.4. The highest BCUT2D eigenvalue weighted by Gasteiger charge is 2.32. The van der Waals surface area contributed by atoms with Crippen molar-refractivity contribution >= 4 is 33.7 Å². The zero-order valence-corrected chi connectivity index (χ0v) is 33.2. The predicted molar refractivity (Wildman–Crippen MR) is 211 cm³/mol. The number of carbonyl (C=O) groups excluding carboxylic acids is 2. The van der Waals surface area contributed by atoms with Gasteiger partial charge in [0.15, 0.2) is 0 Å². The lowest BCUT2D eigenvalue weighted by atomic mass is 9.98. The largest absolute Gasteiger partial charge is 0.493 e. The maximum atomic E-state index is 16.4. The van der Waals surface area contributed by atoms with Gasteiger partial charge in [-0.05, 0) is 97.4 Å². The van der Waals surface area contributed by atoms with E-state index in [-0.39, 0.29) is 11.9 Å². The van der Waals surface area contributed by atoms with Crippen molar-refractivity contribution < 1.29 is 28.2 Å². The van der Waals surface area contributed by atoms with Gasteiger partial charge < -0.3 is 23.7 Å². The second-order valence-corrected chi connectivity index (χ2v) is 16.2. The molecule has 3 aromatic carbocycles. The van der Waals surface area contributed by atoms with Gasteiger partial charge in [0.25, 0.3) is 0 Å². The van der Waals surface area contributed by atoms with E-state index in [2.05, 4.69) is 28.2 Å². The monoisotopic (exact) mass is 739 g/mol. The fraction of sp³-hybridized carbons (Fsp3) is 0.465. The highest BCUT2D eigenvalue weighted by Crippen LogP contribution is 2.40. The molecule has 0 aliphatic carbocycles. The fourth-order valence-electron chi connectivity index (χ4n) is 7.38. The van der Waals surface area contributed by atoms with E-state index in [1.807, 2.05) is 91.3 Å². The molecular formula is C43H54FN5O5. The summed E-state index contributed by atoms with van der Waals surface area (Å²) in [4.78, 5) is 31.1. The lowest BCUT2D eigenvalue weighted by molar-refractivity contribution is 0.00509. The van der Waals surface area contributed by atoms with Crippen LogP contribution in [0.3, 0.4) is 0 Å². The molecule has 288 valence electrons. The SMILES string of the molecule is Cc1nn(C)c(C)c1-c1c(F)ccc2c(CCCOc3cccc4ccccc34)c(C(=O)OC(C)(C)C)n(CCN3CCN(C(=O)OC(C)(C)C)CC3)c12. The Morgan fingerprint density at radius 1 is 0.815 bits per heavy atom. The summed E-state index contributed by atoms with van der Waals surface area (Å²) in [6.07, 6.45) is 0.803. The van der Waals surface area contributed by atoms with Crippen molar-refractivity contribution in [1.29, 1.82) is 0 Å². The number of hydrogen-bond donors (Lipinski definition) is 0. The van der Waals surface area contributed by atoms with Crippen LogP contribution in [0, 0.1) is 19.7 Å². The van der Waals surface area contributed by atoms with Crippen LogP contribution in [-0.4, -0.2) is 86.7 Å². The number of aromatic nitrogens is 3. The molecule has 0 saturated carbocycles. The Balaban J connectivity index is 1.38. The second kappa shape index (κ2) is 15.5. The lowest BCUT2D eigenvalue weighted by Gasteiger charge is -2.35. The maximum absolute atomic E-state index is 16.4. The standard InChI is InChI=1S/C43H54FN5O5/c1-28-36(29(2)46(9)45-28)37-34(44)20-19-33-32(17-13-27-52-35-18-12-15-30-14-10-11-16-31(30)35)39(40(50)53-42(3,4)5)49(38(33)37)26-23-47-21-24-48(25-22-47)41(51)54-43(6,7)8/h10-12,14-16,18-20H,13,17,21-27H2,1-9H3. The molecule has 0 unspecified atom stereocenters. The van der Waals surface area contributed by atoms with Crippen LogP contribution in [0.25, 0.3) is 32.8 Å². The van der Waals surface area contributed by atoms with Crippen LogP contribution >= 0.6 is 0 Å². The third kappa shape index (κ3) is 8.41. The minimum Gasteiger partial charge on any atom is -0.493 e. The summed E-state index contributed by atoms with van der Waals surface area (Å²) in [5, 5.41) is 7.58. The fourth-order valence-corrected chi connectivity index (χ4v) is 7.38. The van der Waals surface area contributed by atoms with E-state index in [9.17, 15) is 9.59 Å². The third-order valence-electron chi connectivity index (χ3n) is 9.87. The Labute approximate surface area is 317 Å². The maximum Gasteiger partial charge on any atom is 0.410 e. The normalized spacial score (nSPS) is 14.2. The van der Waals surface area contributed by atoms with Crippen LogP contribution in [-0.2, 0) is 29.5 Å². The van der Waals surface area contributed by atoms with Crippen LogP contribution in [0.5, 0.6) is 5.75 Å². The number of piperazine rings is 1. The van der Waals surface area contributed by atoms with Crippen molar-refractivity contribution in [3.05, 3.63) is 83.1 Å². The zero-order valence-electron chi connectivity index (χ0n) is 33.2. The molecule has 6 rings (SSSR count). The van der Waals surface area contributed by atoms with Crippen LogP contribution < -0.4 is 4.74 Å². The van der Waals surface area contributed by atoms with Gasteiger partial charge in [-0.2, -0.15) is 5.10 Å². The van der Waals surface area contributed by atoms with Crippen molar-refractivity contribution in [2.24, 2.45) is 7.05 Å². The molecule has 2 aromatic heterocycles. The number of amides is 1. The summed E-state index contributed by atoms with van der Waals surface area (Å²) in [5.41, 5.74) is 3.21. The Hall–Kier alpha value is -4.90. The van der Waals surface area contributed by atoms with Gasteiger partial charge in [0.2, 0.25) is 0 Å². The van der Waals surface area contributed by atoms with Crippen molar-refractivity contribution in [3.8, 4) is 16.9 Å². The van der Waals surface area contributed by atoms with Gasteiger partial charge >= 0.3 is 12.1 Å². The molecular weight excluding hydrogens is 686 g/mol. The van der Waals surface area contributed by atoms with E-state index >= 15 is 4.39 Å². The molecule has 0 bridgehead atoms. The molecule has 0 spiro atoms. The van der Waals surface area contributed by atoms with Crippen LogP contribution in [0.2, 0.25) is 0 Å². The van der Waals surface area contributed by atoms with Crippen LogP contribution in [0.4, 0.5) is 9.18 Å². The minimum absolute atomic E-state index is 0.317. The van der Waals surface area contributed by atoms with Crippen molar-refractivity contribution in [2.75, 3.05) is 39.3 Å². The minimum atomic E-state index is -0.754. The average Bonchev–Trinajstić information content (AvgIpc) is 3.55. The average molecular weight is 740 g/mol. The molecule has 11 heteroatoms. The molecule has 1 fully saturated rings. The Bertz CT molecular complexity index is 2160. The number of fused-ring (bicyclic) bond motifs is 2. The Morgan fingerprint density at radius 2 is 1.50 bits per heavy atom. The van der Waals surface area contributed by atoms with Crippen molar-refractivity contribution in [3.63, 3.8) is 0 Å². The highest BCUT2D eigenvalue weighted by molar-refractivity contribution is 6.05. The van der Waals surface area contributed by atoms with E-state index < -0.39 is 17.2 Å². The molecule has 1 aliphatic rings. The van der Waals surface area contributed by atoms with E-state index in [1.54, 1.807) is 15.6 Å². The molecule has 3 heterocycles. The molecule has 0 radical (unpaired) electrons. The molecule has 1 aliphatic heterocycles. The van der Waals surface area contributed by atoms with Gasteiger partial charge in [-0.15, -0.1) is 0 Å². The smallest absolute Gasteiger partial charge is 0.410 e. The number of esters is 1. The number of nitrogens with zero attached hydrogens (tertiary/aromatic N) is 5. The highest BCUT2D eigenvalue weighted by atomic mass is 19.1. The molecule has 54 heavy (non-hydrogen) atoms. The second-order valence-electron chi connectivity index (χ2n) is 16.2. The summed E-state index contributed by atoms with van der Waals surface area (Å²) in [5.74, 6) is -0.0287. The van der Waals surface area contributed by atoms with Gasteiger partial charge in [0, 0.05) is 73.9 Å². The van der Waals surface area contributed by atoms with Gasteiger partial charge in [-0.25, -0.2) is 14.0 Å². The summed E-state index contributed by atoms with van der Waals surface area (Å²) >= 11 is 0. The van der Waals surface area contributed by atoms with E-state index in [0.29, 0.717) is 86.7 Å². The molecule has 0 atom stereocenters. The first-order chi connectivity index (χ1) is 25.5. The Kier molecular flexibility index (Phi) is 11.1. The molecule has 1 amide bonds. The quantitative estimate of drug-likeness (QED) is 0.105. The third-order valence-corrected chi connectivity index (χ3v) is 9.87. The molecule has 5 aromatic rings. The van der Waals surface area contributed by atoms with E-state index in [4.69, 9.17) is 14.2 Å². The Morgan fingerprint density at radius 3 is 2.17 bits per heavy atom.